The lowest BCUT2D eigenvalue weighted by Crippen LogP contribution is -2.32. The molecule has 0 spiro atoms. The van der Waals surface area contributed by atoms with Gasteiger partial charge >= 0.3 is 6.18 Å². The number of aromatic nitrogens is 4. The van der Waals surface area contributed by atoms with Gasteiger partial charge < -0.3 is 10.3 Å². The largest absolute Gasteiger partial charge is 0.449 e. The van der Waals surface area contributed by atoms with Crippen LogP contribution in [0.2, 0.25) is 0 Å². The van der Waals surface area contributed by atoms with Gasteiger partial charge in [0.2, 0.25) is 5.84 Å². The Morgan fingerprint density at radius 2 is 1.96 bits per heavy atom. The summed E-state index contributed by atoms with van der Waals surface area (Å²) >= 11 is 0. The number of halogens is 4. The maximum absolute atomic E-state index is 14.0. The lowest BCUT2D eigenvalue weighted by molar-refractivity contribution is -0.0597. The van der Waals surface area contributed by atoms with Crippen LogP contribution in [-0.4, -0.2) is 37.4 Å². The maximum atomic E-state index is 14.0. The van der Waals surface area contributed by atoms with Gasteiger partial charge in [-0.25, -0.2) is 24.3 Å². The zero-order valence-electron chi connectivity index (χ0n) is 13.9. The highest BCUT2D eigenvalue weighted by Crippen LogP contribution is 2.20. The Labute approximate surface area is 150 Å². The molecule has 1 aromatic carbocycles. The molecule has 3 aromatic rings. The fourth-order valence-electron chi connectivity index (χ4n) is 2.35. The van der Waals surface area contributed by atoms with Crippen molar-refractivity contribution >= 4 is 22.8 Å². The number of nitrogens with one attached hydrogen (secondary N) is 1. The van der Waals surface area contributed by atoms with Gasteiger partial charge in [0, 0.05) is 13.5 Å². The van der Waals surface area contributed by atoms with Crippen LogP contribution in [-0.2, 0) is 13.5 Å². The predicted molar refractivity (Wildman–Crippen MR) is 90.0 cm³/mol. The first-order valence-corrected chi connectivity index (χ1v) is 7.58. The van der Waals surface area contributed by atoms with E-state index in [1.165, 1.54) is 23.0 Å². The minimum atomic E-state index is -4.88. The van der Waals surface area contributed by atoms with E-state index in [2.05, 4.69) is 19.9 Å². The molecule has 3 rings (SSSR count). The van der Waals surface area contributed by atoms with Crippen LogP contribution in [0.1, 0.15) is 17.1 Å². The van der Waals surface area contributed by atoms with Gasteiger partial charge in [0.05, 0.1) is 12.0 Å². The number of hydrogen-bond acceptors (Lipinski definition) is 4. The van der Waals surface area contributed by atoms with Gasteiger partial charge in [-0.05, 0) is 11.6 Å². The third-order valence-electron chi connectivity index (χ3n) is 3.68. The molecule has 0 fully saturated rings. The summed E-state index contributed by atoms with van der Waals surface area (Å²) in [6.45, 7) is 0. The number of amidine groups is 2. The minimum absolute atomic E-state index is 0.0153. The van der Waals surface area contributed by atoms with Crippen LogP contribution in [0.25, 0.3) is 11.2 Å². The molecule has 0 atom stereocenters. The van der Waals surface area contributed by atoms with Crippen molar-refractivity contribution in [3.63, 3.8) is 0 Å². The average Bonchev–Trinajstić information content (AvgIpc) is 2.97. The smallest absolute Gasteiger partial charge is 0.380 e. The molecule has 0 saturated heterocycles. The van der Waals surface area contributed by atoms with Crippen molar-refractivity contribution in [3.8, 4) is 0 Å². The fraction of sp³-hybridized carbons (Fsp3) is 0.188. The second-order valence-electron chi connectivity index (χ2n) is 5.63. The van der Waals surface area contributed by atoms with Gasteiger partial charge in [0.15, 0.2) is 17.3 Å². The summed E-state index contributed by atoms with van der Waals surface area (Å²) in [5, 5.41) is 7.76. The normalized spacial score (nSPS) is 12.6. The molecule has 2 heterocycles. The van der Waals surface area contributed by atoms with Crippen molar-refractivity contribution in [2.24, 2.45) is 17.8 Å². The van der Waals surface area contributed by atoms with Gasteiger partial charge in [0.1, 0.15) is 11.3 Å². The van der Waals surface area contributed by atoms with E-state index in [0.29, 0.717) is 11.1 Å². The number of benzene rings is 1. The second kappa shape index (κ2) is 6.74. The van der Waals surface area contributed by atoms with Crippen molar-refractivity contribution < 1.29 is 17.6 Å². The van der Waals surface area contributed by atoms with Crippen LogP contribution < -0.4 is 5.73 Å². The van der Waals surface area contributed by atoms with Gasteiger partial charge in [-0.1, -0.05) is 18.2 Å². The molecule has 3 N–H and O–H groups in total. The first-order valence-electron chi connectivity index (χ1n) is 7.58. The standard InChI is InChI=1S/C16H13F4N7/c1-27-7-23-11-10(6-8-4-2-3-5-9(8)17)24-13(26-14(11)27)12(21)25-15(22)16(18,19)20/h2-5,7H,6H2,1H3,(H3,21,22,25). The highest BCUT2D eigenvalue weighted by molar-refractivity contribution is 6.04. The van der Waals surface area contributed by atoms with E-state index < -0.39 is 23.7 Å². The highest BCUT2D eigenvalue weighted by Gasteiger charge is 2.34. The molecular formula is C16H13F4N7. The maximum Gasteiger partial charge on any atom is 0.449 e. The lowest BCUT2D eigenvalue weighted by atomic mass is 10.1. The third-order valence-corrected chi connectivity index (χ3v) is 3.68. The van der Waals surface area contributed by atoms with E-state index in [-0.39, 0.29) is 23.6 Å². The molecule has 0 unspecified atom stereocenters. The zero-order chi connectivity index (χ0) is 19.8. The Morgan fingerprint density at radius 1 is 1.26 bits per heavy atom. The van der Waals surface area contributed by atoms with Gasteiger partial charge in [-0.15, -0.1) is 0 Å². The predicted octanol–water partition coefficient (Wildman–Crippen LogP) is 2.34. The van der Waals surface area contributed by atoms with Gasteiger partial charge in [-0.2, -0.15) is 13.2 Å². The monoisotopic (exact) mass is 379 g/mol. The number of fused-ring (bicyclic) bond motifs is 1. The van der Waals surface area contributed by atoms with E-state index in [4.69, 9.17) is 11.1 Å². The number of alkyl halides is 3. The second-order valence-corrected chi connectivity index (χ2v) is 5.63. The van der Waals surface area contributed by atoms with Gasteiger partial charge in [0.25, 0.3) is 0 Å². The summed E-state index contributed by atoms with van der Waals surface area (Å²) in [5.41, 5.74) is 6.06. The third kappa shape index (κ3) is 3.76. The minimum Gasteiger partial charge on any atom is -0.380 e. The van der Waals surface area contributed by atoms with Gasteiger partial charge in [-0.3, -0.25) is 5.41 Å². The number of imidazole rings is 1. The first-order chi connectivity index (χ1) is 12.7. The molecule has 2 aromatic heterocycles. The number of aryl methyl sites for hydroxylation is 1. The number of rotatable bonds is 3. The Balaban J connectivity index is 2.09. The van der Waals surface area contributed by atoms with Crippen molar-refractivity contribution in [1.29, 1.82) is 5.41 Å². The topological polar surface area (TPSA) is 106 Å². The summed E-state index contributed by atoms with van der Waals surface area (Å²) in [5.74, 6) is -3.37. The molecule has 7 nitrogen and oxygen atoms in total. The zero-order valence-corrected chi connectivity index (χ0v) is 13.9. The Hall–Kier alpha value is -3.37. The molecule has 0 radical (unpaired) electrons. The van der Waals surface area contributed by atoms with Crippen LogP contribution in [0.5, 0.6) is 0 Å². The molecule has 0 bridgehead atoms. The summed E-state index contributed by atoms with van der Waals surface area (Å²) in [6, 6.07) is 6.01. The molecule has 0 aliphatic heterocycles. The molecule has 0 saturated carbocycles. The molecule has 0 aliphatic carbocycles. The van der Waals surface area contributed by atoms with Crippen molar-refractivity contribution in [2.75, 3.05) is 0 Å². The van der Waals surface area contributed by atoms with Crippen LogP contribution in [0, 0.1) is 11.2 Å². The summed E-state index contributed by atoms with van der Waals surface area (Å²) in [6.07, 6.45) is -3.43. The van der Waals surface area contributed by atoms with Crippen LogP contribution in [0.15, 0.2) is 35.6 Å². The van der Waals surface area contributed by atoms with E-state index >= 15 is 0 Å². The van der Waals surface area contributed by atoms with Crippen molar-refractivity contribution in [2.45, 2.75) is 12.6 Å². The first kappa shape index (κ1) is 18.4. The van der Waals surface area contributed by atoms with Crippen molar-refractivity contribution in [1.82, 2.24) is 19.5 Å². The van der Waals surface area contributed by atoms with E-state index in [1.807, 2.05) is 0 Å². The van der Waals surface area contributed by atoms with E-state index in [1.54, 1.807) is 19.2 Å². The Bertz CT molecular complexity index is 1050. The molecule has 0 amide bonds. The quantitative estimate of drug-likeness (QED) is 0.414. The molecule has 140 valence electrons. The summed E-state index contributed by atoms with van der Waals surface area (Å²) in [4.78, 5) is 15.3. The van der Waals surface area contributed by atoms with Crippen LogP contribution in [0.4, 0.5) is 17.6 Å². The Morgan fingerprint density at radius 3 is 2.63 bits per heavy atom. The Kier molecular flexibility index (Phi) is 4.60. The van der Waals surface area contributed by atoms with Crippen molar-refractivity contribution in [3.05, 3.63) is 53.5 Å². The molecular weight excluding hydrogens is 366 g/mol. The number of aliphatic imine (C=N–C) groups is 1. The summed E-state index contributed by atoms with van der Waals surface area (Å²) in [7, 11) is 1.62. The van der Waals surface area contributed by atoms with Crippen LogP contribution in [0.3, 0.4) is 0 Å². The SMILES string of the molecule is Cn1cnc2c(Cc3ccccc3F)nc(C(=N)N=C(N)C(F)(F)F)nc21. The average molecular weight is 379 g/mol. The molecule has 11 heteroatoms. The number of hydrogen-bond donors (Lipinski definition) is 2. The molecule has 0 aliphatic rings. The summed E-state index contributed by atoms with van der Waals surface area (Å²) < 4.78 is 53.1. The molecule has 27 heavy (non-hydrogen) atoms. The highest BCUT2D eigenvalue weighted by atomic mass is 19.4. The van der Waals surface area contributed by atoms with E-state index in [9.17, 15) is 17.6 Å². The fourth-order valence-corrected chi connectivity index (χ4v) is 2.35. The number of nitrogens with two attached hydrogens (primary N) is 1. The van der Waals surface area contributed by atoms with Crippen LogP contribution >= 0.6 is 0 Å². The van der Waals surface area contributed by atoms with E-state index in [0.717, 1.165) is 0 Å². The lowest BCUT2D eigenvalue weighted by Gasteiger charge is -2.08. The number of nitrogens with zero attached hydrogens (tertiary/aromatic N) is 5.